The van der Waals surface area contributed by atoms with Crippen molar-refractivity contribution >= 4 is 18.3 Å². The lowest BCUT2D eigenvalue weighted by Gasteiger charge is -2.30. The van der Waals surface area contributed by atoms with Crippen LogP contribution in [-0.4, -0.2) is 24.5 Å². The first-order valence-electron chi connectivity index (χ1n) is 7.31. The largest absolute Gasteiger partial charge is 0.352 e. The van der Waals surface area contributed by atoms with Crippen LogP contribution >= 0.6 is 12.4 Å². The lowest BCUT2D eigenvalue weighted by Crippen LogP contribution is -2.50. The van der Waals surface area contributed by atoms with Crippen LogP contribution in [0.3, 0.4) is 0 Å². The van der Waals surface area contributed by atoms with Crippen molar-refractivity contribution in [2.75, 3.05) is 6.54 Å². The van der Waals surface area contributed by atoms with Gasteiger partial charge in [-0.05, 0) is 45.1 Å². The van der Waals surface area contributed by atoms with Crippen LogP contribution < -0.4 is 10.6 Å². The van der Waals surface area contributed by atoms with E-state index in [-0.39, 0.29) is 24.4 Å². The number of hydrogen-bond donors (Lipinski definition) is 2. The fraction of sp³-hybridized carbons (Fsp3) is 0.929. The SMILES string of the molecule is CC(NC(=O)[C@H]1CCCCN1)C1CCCCC1.Cl. The highest BCUT2D eigenvalue weighted by Crippen LogP contribution is 2.26. The van der Waals surface area contributed by atoms with Crippen LogP contribution in [0, 0.1) is 5.92 Å². The van der Waals surface area contributed by atoms with E-state index in [1.54, 1.807) is 0 Å². The highest BCUT2D eigenvalue weighted by atomic mass is 35.5. The molecule has 1 saturated heterocycles. The summed E-state index contributed by atoms with van der Waals surface area (Å²) < 4.78 is 0. The maximum atomic E-state index is 12.1. The van der Waals surface area contributed by atoms with E-state index in [1.807, 2.05) is 0 Å². The molecule has 0 aromatic heterocycles. The van der Waals surface area contributed by atoms with E-state index < -0.39 is 0 Å². The number of carbonyl (C=O) groups is 1. The summed E-state index contributed by atoms with van der Waals surface area (Å²) in [6.45, 7) is 3.17. The van der Waals surface area contributed by atoms with E-state index in [1.165, 1.54) is 44.9 Å². The molecule has 106 valence electrons. The van der Waals surface area contributed by atoms with Crippen LogP contribution in [0.2, 0.25) is 0 Å². The molecule has 2 N–H and O–H groups in total. The van der Waals surface area contributed by atoms with E-state index in [0.717, 1.165) is 13.0 Å². The van der Waals surface area contributed by atoms with Crippen LogP contribution in [0.4, 0.5) is 0 Å². The summed E-state index contributed by atoms with van der Waals surface area (Å²) in [6.07, 6.45) is 10.0. The summed E-state index contributed by atoms with van der Waals surface area (Å²) >= 11 is 0. The average Bonchev–Trinajstić information content (AvgIpc) is 2.40. The van der Waals surface area contributed by atoms with Gasteiger partial charge in [0.2, 0.25) is 5.91 Å². The molecular weight excluding hydrogens is 248 g/mol. The summed E-state index contributed by atoms with van der Waals surface area (Å²) in [5.41, 5.74) is 0. The van der Waals surface area contributed by atoms with E-state index >= 15 is 0 Å². The summed E-state index contributed by atoms with van der Waals surface area (Å²) in [7, 11) is 0. The van der Waals surface area contributed by atoms with E-state index in [4.69, 9.17) is 0 Å². The molecule has 0 bridgehead atoms. The van der Waals surface area contributed by atoms with Crippen LogP contribution in [0.15, 0.2) is 0 Å². The number of piperidine rings is 1. The molecule has 0 radical (unpaired) electrons. The Hall–Kier alpha value is -0.280. The summed E-state index contributed by atoms with van der Waals surface area (Å²) in [6, 6.07) is 0.418. The lowest BCUT2D eigenvalue weighted by molar-refractivity contribution is -0.124. The minimum absolute atomic E-state index is 0. The molecule has 18 heavy (non-hydrogen) atoms. The number of amides is 1. The molecule has 0 spiro atoms. The molecule has 2 atom stereocenters. The molecule has 1 saturated carbocycles. The third-order valence-corrected chi connectivity index (χ3v) is 4.35. The normalized spacial score (nSPS) is 27.1. The Morgan fingerprint density at radius 3 is 2.39 bits per heavy atom. The smallest absolute Gasteiger partial charge is 0.237 e. The van der Waals surface area contributed by atoms with Gasteiger partial charge in [-0.3, -0.25) is 4.79 Å². The molecule has 2 fully saturated rings. The number of nitrogens with one attached hydrogen (secondary N) is 2. The number of rotatable bonds is 3. The van der Waals surface area contributed by atoms with E-state index in [2.05, 4.69) is 17.6 Å². The van der Waals surface area contributed by atoms with Gasteiger partial charge in [0.25, 0.3) is 0 Å². The molecule has 1 unspecified atom stereocenters. The second-order valence-corrected chi connectivity index (χ2v) is 5.70. The van der Waals surface area contributed by atoms with E-state index in [9.17, 15) is 4.79 Å². The minimum Gasteiger partial charge on any atom is -0.352 e. The Morgan fingerprint density at radius 1 is 1.11 bits per heavy atom. The van der Waals surface area contributed by atoms with Gasteiger partial charge in [0.1, 0.15) is 0 Å². The topological polar surface area (TPSA) is 41.1 Å². The summed E-state index contributed by atoms with van der Waals surface area (Å²) in [5.74, 6) is 0.930. The number of halogens is 1. The lowest BCUT2D eigenvalue weighted by atomic mass is 9.84. The Bertz CT molecular complexity index is 248. The monoisotopic (exact) mass is 274 g/mol. The maximum absolute atomic E-state index is 12.1. The van der Waals surface area contributed by atoms with Crippen molar-refractivity contribution in [2.45, 2.75) is 70.4 Å². The average molecular weight is 275 g/mol. The Morgan fingerprint density at radius 2 is 1.78 bits per heavy atom. The van der Waals surface area contributed by atoms with Gasteiger partial charge in [-0.1, -0.05) is 25.7 Å². The van der Waals surface area contributed by atoms with Crippen molar-refractivity contribution in [3.8, 4) is 0 Å². The van der Waals surface area contributed by atoms with Gasteiger partial charge in [0, 0.05) is 6.04 Å². The molecule has 0 aromatic rings. The molecule has 3 nitrogen and oxygen atoms in total. The first-order chi connectivity index (χ1) is 8.27. The van der Waals surface area contributed by atoms with Crippen LogP contribution in [-0.2, 0) is 4.79 Å². The summed E-state index contributed by atoms with van der Waals surface area (Å²) in [5, 5.41) is 6.53. The molecule has 2 rings (SSSR count). The van der Waals surface area contributed by atoms with Crippen molar-refractivity contribution in [1.29, 1.82) is 0 Å². The zero-order valence-electron chi connectivity index (χ0n) is 11.4. The first-order valence-corrected chi connectivity index (χ1v) is 7.31. The fourth-order valence-electron chi connectivity index (χ4n) is 3.15. The molecule has 1 amide bonds. The van der Waals surface area contributed by atoms with Gasteiger partial charge in [-0.15, -0.1) is 12.4 Å². The second-order valence-electron chi connectivity index (χ2n) is 5.70. The van der Waals surface area contributed by atoms with Crippen molar-refractivity contribution in [3.63, 3.8) is 0 Å². The van der Waals surface area contributed by atoms with Crippen molar-refractivity contribution in [2.24, 2.45) is 5.92 Å². The van der Waals surface area contributed by atoms with Crippen LogP contribution in [0.5, 0.6) is 0 Å². The van der Waals surface area contributed by atoms with Crippen molar-refractivity contribution < 1.29 is 4.79 Å². The molecule has 0 aromatic carbocycles. The predicted octanol–water partition coefficient (Wildman–Crippen LogP) is 2.64. The third kappa shape index (κ3) is 4.43. The highest BCUT2D eigenvalue weighted by Gasteiger charge is 2.25. The zero-order valence-corrected chi connectivity index (χ0v) is 12.2. The van der Waals surface area contributed by atoms with Crippen LogP contribution in [0.1, 0.15) is 58.3 Å². The zero-order chi connectivity index (χ0) is 12.1. The molecule has 1 aliphatic carbocycles. The van der Waals surface area contributed by atoms with Crippen molar-refractivity contribution in [3.05, 3.63) is 0 Å². The molecule has 1 aliphatic heterocycles. The van der Waals surface area contributed by atoms with Gasteiger partial charge in [0.15, 0.2) is 0 Å². The van der Waals surface area contributed by atoms with Gasteiger partial charge in [-0.25, -0.2) is 0 Å². The van der Waals surface area contributed by atoms with Crippen LogP contribution in [0.25, 0.3) is 0 Å². The Kier molecular flexibility index (Phi) is 7.02. The first kappa shape index (κ1) is 15.8. The number of hydrogen-bond acceptors (Lipinski definition) is 2. The molecule has 2 aliphatic rings. The Balaban J connectivity index is 0.00000162. The molecule has 1 heterocycles. The number of carbonyl (C=O) groups excluding carboxylic acids is 1. The fourth-order valence-corrected chi connectivity index (χ4v) is 3.15. The highest BCUT2D eigenvalue weighted by molar-refractivity contribution is 5.85. The predicted molar refractivity (Wildman–Crippen MR) is 77.1 cm³/mol. The quantitative estimate of drug-likeness (QED) is 0.831. The van der Waals surface area contributed by atoms with E-state index in [0.29, 0.717) is 12.0 Å². The van der Waals surface area contributed by atoms with Gasteiger partial charge in [0.05, 0.1) is 6.04 Å². The minimum atomic E-state index is 0. The second kappa shape index (κ2) is 8.00. The maximum Gasteiger partial charge on any atom is 0.237 e. The van der Waals surface area contributed by atoms with Gasteiger partial charge < -0.3 is 10.6 Å². The van der Waals surface area contributed by atoms with Gasteiger partial charge >= 0.3 is 0 Å². The molecular formula is C14H27ClN2O. The van der Waals surface area contributed by atoms with Crippen molar-refractivity contribution in [1.82, 2.24) is 10.6 Å². The Labute approximate surface area is 117 Å². The summed E-state index contributed by atoms with van der Waals surface area (Å²) in [4.78, 5) is 12.1. The molecule has 4 heteroatoms. The third-order valence-electron chi connectivity index (χ3n) is 4.35. The standard InChI is InChI=1S/C14H26N2O.ClH/c1-11(12-7-3-2-4-8-12)16-14(17)13-9-5-6-10-15-13;/h11-13,15H,2-10H2,1H3,(H,16,17);1H/t11?,13-;/m1./s1. The van der Waals surface area contributed by atoms with Gasteiger partial charge in [-0.2, -0.15) is 0 Å².